The van der Waals surface area contributed by atoms with E-state index < -0.39 is 6.17 Å². The Morgan fingerprint density at radius 2 is 2.15 bits per heavy atom. The van der Waals surface area contributed by atoms with E-state index in [4.69, 9.17) is 0 Å². The molecule has 2 heteroatoms. The molecule has 0 fully saturated rings. The van der Waals surface area contributed by atoms with Crippen LogP contribution in [0, 0.1) is 6.92 Å². The van der Waals surface area contributed by atoms with Gasteiger partial charge in [0.2, 0.25) is 0 Å². The number of hydrogen-bond acceptors (Lipinski definition) is 1. The Morgan fingerprint density at radius 3 is 2.85 bits per heavy atom. The summed E-state index contributed by atoms with van der Waals surface area (Å²) in [6.45, 7) is 3.65. The predicted octanol–water partition coefficient (Wildman–Crippen LogP) is 4.24. The molecule has 68 valence electrons. The molecular weight excluding hydrogens is 183 g/mol. The predicted molar refractivity (Wildman–Crippen MR) is 56.1 cm³/mol. The molecule has 0 aliphatic heterocycles. The Morgan fingerprint density at radius 1 is 1.38 bits per heavy atom. The molecule has 0 nitrogen and oxygen atoms in total. The minimum atomic E-state index is -0.869. The van der Waals surface area contributed by atoms with Crippen molar-refractivity contribution in [2.24, 2.45) is 0 Å². The molecule has 0 bridgehead atoms. The Bertz CT molecular complexity index is 429. The maximum atomic E-state index is 13.0. The zero-order valence-corrected chi connectivity index (χ0v) is 8.49. The van der Waals surface area contributed by atoms with Gasteiger partial charge in [-0.05, 0) is 41.8 Å². The maximum Gasteiger partial charge on any atom is 0.122 e. The molecule has 0 radical (unpaired) electrons. The van der Waals surface area contributed by atoms with Crippen LogP contribution in [0.2, 0.25) is 0 Å². The molecule has 0 saturated carbocycles. The molecule has 1 heterocycles. The monoisotopic (exact) mass is 194 g/mol. The lowest BCUT2D eigenvalue weighted by molar-refractivity contribution is 0.374. The van der Waals surface area contributed by atoms with Crippen molar-refractivity contribution in [2.75, 3.05) is 0 Å². The Labute approximate surface area is 81.0 Å². The zero-order valence-electron chi connectivity index (χ0n) is 7.67. The van der Waals surface area contributed by atoms with Gasteiger partial charge in [-0.25, -0.2) is 4.39 Å². The summed E-state index contributed by atoms with van der Waals surface area (Å²) >= 11 is 1.68. The van der Waals surface area contributed by atoms with E-state index in [1.54, 1.807) is 18.3 Å². The van der Waals surface area contributed by atoms with Gasteiger partial charge in [0.05, 0.1) is 0 Å². The first-order chi connectivity index (χ1) is 6.18. The summed E-state index contributed by atoms with van der Waals surface area (Å²) in [5, 5.41) is 3.35. The third-order valence-corrected chi connectivity index (χ3v) is 3.32. The maximum absolute atomic E-state index is 13.0. The van der Waals surface area contributed by atoms with Gasteiger partial charge in [0, 0.05) is 4.70 Å². The van der Waals surface area contributed by atoms with Crippen LogP contribution in [-0.2, 0) is 0 Å². The smallest absolute Gasteiger partial charge is 0.122 e. The molecule has 13 heavy (non-hydrogen) atoms. The summed E-state index contributed by atoms with van der Waals surface area (Å²) in [7, 11) is 0. The molecule has 1 atom stereocenters. The van der Waals surface area contributed by atoms with Crippen molar-refractivity contribution in [1.29, 1.82) is 0 Å². The Balaban J connectivity index is 2.63. The number of alkyl halides is 1. The summed E-state index contributed by atoms with van der Waals surface area (Å²) in [6, 6.07) is 5.82. The fourth-order valence-electron chi connectivity index (χ4n) is 1.42. The van der Waals surface area contributed by atoms with Gasteiger partial charge in [0.15, 0.2) is 0 Å². The van der Waals surface area contributed by atoms with Gasteiger partial charge < -0.3 is 0 Å². The van der Waals surface area contributed by atoms with Gasteiger partial charge in [-0.1, -0.05) is 12.1 Å². The van der Waals surface area contributed by atoms with E-state index in [0.29, 0.717) is 0 Å². The quantitative estimate of drug-likeness (QED) is 0.637. The highest BCUT2D eigenvalue weighted by molar-refractivity contribution is 7.17. The van der Waals surface area contributed by atoms with Crippen LogP contribution in [0.3, 0.4) is 0 Å². The summed E-state index contributed by atoms with van der Waals surface area (Å²) in [5.74, 6) is 0. The second kappa shape index (κ2) is 3.11. The lowest BCUT2D eigenvalue weighted by Crippen LogP contribution is -1.83. The van der Waals surface area contributed by atoms with Gasteiger partial charge in [-0.15, -0.1) is 11.3 Å². The van der Waals surface area contributed by atoms with Crippen LogP contribution in [0.15, 0.2) is 23.6 Å². The van der Waals surface area contributed by atoms with Crippen LogP contribution in [0.25, 0.3) is 10.1 Å². The highest BCUT2D eigenvalue weighted by Gasteiger charge is 2.05. The number of aryl methyl sites for hydroxylation is 1. The van der Waals surface area contributed by atoms with Gasteiger partial charge in [-0.2, -0.15) is 0 Å². The molecule has 0 aliphatic carbocycles. The Hall–Kier alpha value is -0.890. The number of fused-ring (bicyclic) bond motifs is 1. The van der Waals surface area contributed by atoms with Crippen molar-refractivity contribution in [2.45, 2.75) is 20.0 Å². The lowest BCUT2D eigenvalue weighted by Gasteiger charge is -2.01. The molecule has 0 aliphatic rings. The molecule has 0 spiro atoms. The second-order valence-electron chi connectivity index (χ2n) is 3.29. The van der Waals surface area contributed by atoms with Crippen molar-refractivity contribution in [1.82, 2.24) is 0 Å². The van der Waals surface area contributed by atoms with Gasteiger partial charge >= 0.3 is 0 Å². The van der Waals surface area contributed by atoms with Gasteiger partial charge in [0.25, 0.3) is 0 Å². The molecule has 0 amide bonds. The van der Waals surface area contributed by atoms with Crippen LogP contribution < -0.4 is 0 Å². The summed E-state index contributed by atoms with van der Waals surface area (Å²) in [6.07, 6.45) is -0.869. The van der Waals surface area contributed by atoms with Crippen molar-refractivity contribution in [3.05, 3.63) is 34.7 Å². The lowest BCUT2D eigenvalue weighted by atomic mass is 10.1. The highest BCUT2D eigenvalue weighted by atomic mass is 32.1. The molecule has 2 aromatic rings. The molecular formula is C11H11FS. The number of benzene rings is 1. The van der Waals surface area contributed by atoms with Crippen LogP contribution >= 0.6 is 11.3 Å². The number of rotatable bonds is 1. The Kier molecular flexibility index (Phi) is 2.08. The third kappa shape index (κ3) is 1.46. The minimum absolute atomic E-state index is 0.773. The molecule has 0 N–H and O–H groups in total. The largest absolute Gasteiger partial charge is 0.243 e. The van der Waals surface area contributed by atoms with Crippen molar-refractivity contribution >= 4 is 21.4 Å². The van der Waals surface area contributed by atoms with Crippen LogP contribution in [-0.4, -0.2) is 0 Å². The van der Waals surface area contributed by atoms with Crippen molar-refractivity contribution in [3.8, 4) is 0 Å². The van der Waals surface area contributed by atoms with Crippen LogP contribution in [0.4, 0.5) is 4.39 Å². The summed E-state index contributed by atoms with van der Waals surface area (Å²) in [5.41, 5.74) is 2.05. The average Bonchev–Trinajstić information content (AvgIpc) is 2.47. The van der Waals surface area contributed by atoms with E-state index >= 15 is 0 Å². The van der Waals surface area contributed by atoms with E-state index in [2.05, 4.69) is 12.3 Å². The normalized spacial score (nSPS) is 13.5. The van der Waals surface area contributed by atoms with Crippen LogP contribution in [0.5, 0.6) is 0 Å². The summed E-state index contributed by atoms with van der Waals surface area (Å²) in [4.78, 5) is 0. The number of thiophene rings is 1. The molecule has 1 aromatic carbocycles. The third-order valence-electron chi connectivity index (χ3n) is 2.25. The van der Waals surface area contributed by atoms with Crippen molar-refractivity contribution in [3.63, 3.8) is 0 Å². The fourth-order valence-corrected chi connectivity index (χ4v) is 2.42. The van der Waals surface area contributed by atoms with Crippen molar-refractivity contribution < 1.29 is 4.39 Å². The summed E-state index contributed by atoms with van der Waals surface area (Å²) < 4.78 is 14.2. The highest BCUT2D eigenvalue weighted by Crippen LogP contribution is 2.28. The van der Waals surface area contributed by atoms with E-state index in [1.807, 2.05) is 18.2 Å². The van der Waals surface area contributed by atoms with E-state index in [-0.39, 0.29) is 0 Å². The van der Waals surface area contributed by atoms with E-state index in [9.17, 15) is 4.39 Å². The SMILES string of the molecule is Cc1csc2cc(C(C)F)ccc12. The first-order valence-electron chi connectivity index (χ1n) is 4.30. The van der Waals surface area contributed by atoms with Gasteiger partial charge in [0.1, 0.15) is 6.17 Å². The van der Waals surface area contributed by atoms with E-state index in [1.165, 1.54) is 15.6 Å². The molecule has 1 unspecified atom stereocenters. The number of hydrogen-bond donors (Lipinski definition) is 0. The molecule has 0 saturated heterocycles. The van der Waals surface area contributed by atoms with Gasteiger partial charge in [-0.3, -0.25) is 0 Å². The fraction of sp³-hybridized carbons (Fsp3) is 0.273. The molecule has 1 aromatic heterocycles. The number of halogens is 1. The van der Waals surface area contributed by atoms with E-state index in [0.717, 1.165) is 5.56 Å². The van der Waals surface area contributed by atoms with Crippen LogP contribution in [0.1, 0.15) is 24.2 Å². The second-order valence-corrected chi connectivity index (χ2v) is 4.20. The standard InChI is InChI=1S/C11H11FS/c1-7-6-13-11-5-9(8(2)12)3-4-10(7)11/h3-6,8H,1-2H3. The first-order valence-corrected chi connectivity index (χ1v) is 5.18. The molecule has 2 rings (SSSR count). The first kappa shape index (κ1) is 8.70. The minimum Gasteiger partial charge on any atom is -0.243 e. The topological polar surface area (TPSA) is 0 Å². The zero-order chi connectivity index (χ0) is 9.42. The average molecular weight is 194 g/mol.